The van der Waals surface area contributed by atoms with E-state index in [0.717, 1.165) is 32.8 Å². The Bertz CT molecular complexity index is 1080. The molecule has 0 aromatic heterocycles. The first kappa shape index (κ1) is 20.2. The number of rotatable bonds is 6. The molecule has 0 bridgehead atoms. The molecule has 30 heavy (non-hydrogen) atoms. The highest BCUT2D eigenvalue weighted by Crippen LogP contribution is 2.34. The van der Waals surface area contributed by atoms with Gasteiger partial charge < -0.3 is 10.2 Å². The van der Waals surface area contributed by atoms with Crippen LogP contribution in [0.1, 0.15) is 39.5 Å². The maximum Gasteiger partial charge on any atom is 0.255 e. The van der Waals surface area contributed by atoms with E-state index >= 15 is 0 Å². The highest BCUT2D eigenvalue weighted by Gasteiger charge is 2.34. The molecule has 0 saturated carbocycles. The Morgan fingerprint density at radius 3 is 2.57 bits per heavy atom. The maximum atomic E-state index is 13.1. The summed E-state index contributed by atoms with van der Waals surface area (Å²) in [6.45, 7) is 2.55. The summed E-state index contributed by atoms with van der Waals surface area (Å²) in [6, 6.07) is 23.2. The lowest BCUT2D eigenvalue weighted by atomic mass is 10.00. The summed E-state index contributed by atoms with van der Waals surface area (Å²) in [6.07, 6.45) is 2.21. The lowest BCUT2D eigenvalue weighted by Gasteiger charge is -2.28. The van der Waals surface area contributed by atoms with E-state index in [-0.39, 0.29) is 24.3 Å². The van der Waals surface area contributed by atoms with Crippen LogP contribution in [0.15, 0.2) is 77.7 Å². The van der Waals surface area contributed by atoms with Crippen molar-refractivity contribution in [3.05, 3.63) is 95.1 Å². The Morgan fingerprint density at radius 2 is 1.83 bits per heavy atom. The van der Waals surface area contributed by atoms with Gasteiger partial charge in [0.25, 0.3) is 5.91 Å². The highest BCUT2D eigenvalue weighted by molar-refractivity contribution is 7.98. The molecule has 5 heteroatoms. The van der Waals surface area contributed by atoms with Gasteiger partial charge in [0.05, 0.1) is 12.5 Å². The van der Waals surface area contributed by atoms with E-state index in [2.05, 4.69) is 5.32 Å². The number of carbonyl (C=O) groups is 2. The van der Waals surface area contributed by atoms with E-state index < -0.39 is 0 Å². The summed E-state index contributed by atoms with van der Waals surface area (Å²) in [5, 5.41) is 3.00. The van der Waals surface area contributed by atoms with Gasteiger partial charge in [-0.05, 0) is 48.6 Å². The van der Waals surface area contributed by atoms with Crippen molar-refractivity contribution in [1.82, 2.24) is 4.90 Å². The third-order valence-corrected chi connectivity index (χ3v) is 6.15. The van der Waals surface area contributed by atoms with Crippen molar-refractivity contribution < 1.29 is 9.59 Å². The van der Waals surface area contributed by atoms with Crippen molar-refractivity contribution >= 4 is 29.3 Å². The minimum atomic E-state index is -0.325. The van der Waals surface area contributed by atoms with Crippen molar-refractivity contribution in [2.24, 2.45) is 0 Å². The molecule has 1 heterocycles. The molecule has 0 radical (unpaired) electrons. The topological polar surface area (TPSA) is 49.4 Å². The van der Waals surface area contributed by atoms with Crippen LogP contribution in [0.3, 0.4) is 0 Å². The molecule has 4 nitrogen and oxygen atoms in total. The highest BCUT2D eigenvalue weighted by atomic mass is 32.2. The smallest absolute Gasteiger partial charge is 0.255 e. The number of anilines is 1. The summed E-state index contributed by atoms with van der Waals surface area (Å²) in [7, 11) is 0. The Balaban J connectivity index is 1.59. The number of benzene rings is 3. The molecule has 1 aliphatic heterocycles. The Labute approximate surface area is 181 Å². The summed E-state index contributed by atoms with van der Waals surface area (Å²) in [5.74, 6) is -0.129. The van der Waals surface area contributed by atoms with Crippen LogP contribution in [0.25, 0.3) is 0 Å². The zero-order chi connectivity index (χ0) is 21.1. The molecular weight excluding hydrogens is 392 g/mol. The van der Waals surface area contributed by atoms with E-state index in [4.69, 9.17) is 0 Å². The van der Waals surface area contributed by atoms with Gasteiger partial charge in [0.1, 0.15) is 0 Å². The van der Waals surface area contributed by atoms with Crippen LogP contribution < -0.4 is 5.32 Å². The van der Waals surface area contributed by atoms with Crippen LogP contribution in [0.4, 0.5) is 5.69 Å². The van der Waals surface area contributed by atoms with Gasteiger partial charge >= 0.3 is 0 Å². The third kappa shape index (κ3) is 4.26. The molecule has 1 atom stereocenters. The van der Waals surface area contributed by atoms with Gasteiger partial charge in [-0.1, -0.05) is 54.1 Å². The fourth-order valence-electron chi connectivity index (χ4n) is 3.81. The van der Waals surface area contributed by atoms with Crippen molar-refractivity contribution in [2.45, 2.75) is 30.8 Å². The van der Waals surface area contributed by atoms with Crippen LogP contribution >= 0.6 is 11.8 Å². The van der Waals surface area contributed by atoms with E-state index in [1.54, 1.807) is 11.8 Å². The second-order valence-electron chi connectivity index (χ2n) is 7.50. The molecule has 0 saturated heterocycles. The van der Waals surface area contributed by atoms with Gasteiger partial charge in [-0.3, -0.25) is 9.59 Å². The number of thioether (sulfide) groups is 1. The number of nitrogens with one attached hydrogen (secondary N) is 1. The third-order valence-electron chi connectivity index (χ3n) is 5.42. The summed E-state index contributed by atoms with van der Waals surface area (Å²) >= 11 is 1.63. The molecule has 1 aliphatic rings. The molecule has 0 spiro atoms. The fourth-order valence-corrected chi connectivity index (χ4v) is 4.27. The lowest BCUT2D eigenvalue weighted by molar-refractivity contribution is -0.117. The van der Waals surface area contributed by atoms with Crippen LogP contribution in [0.5, 0.6) is 0 Å². The predicted octanol–water partition coefficient (Wildman–Crippen LogP) is 5.44. The molecule has 0 unspecified atom stereocenters. The van der Waals surface area contributed by atoms with Crippen LogP contribution in [0.2, 0.25) is 0 Å². The summed E-state index contributed by atoms with van der Waals surface area (Å²) < 4.78 is 0. The SMILES string of the molecule is CSc1cccc(NC(=O)C[C@H](c2ccc(C)cc2)N2Cc3ccccc3C2=O)c1. The van der Waals surface area contributed by atoms with E-state index in [1.807, 2.05) is 90.9 Å². The summed E-state index contributed by atoms with van der Waals surface area (Å²) in [5.41, 5.74) is 4.61. The van der Waals surface area contributed by atoms with E-state index in [0.29, 0.717) is 6.54 Å². The quantitative estimate of drug-likeness (QED) is 0.544. The first-order chi connectivity index (χ1) is 14.5. The van der Waals surface area contributed by atoms with Crippen molar-refractivity contribution in [1.29, 1.82) is 0 Å². The summed E-state index contributed by atoms with van der Waals surface area (Å²) in [4.78, 5) is 28.9. The number of carbonyl (C=O) groups excluding carboxylic acids is 2. The van der Waals surface area contributed by atoms with Gasteiger partial charge in [0.2, 0.25) is 5.91 Å². The van der Waals surface area contributed by atoms with Crippen LogP contribution in [0, 0.1) is 6.92 Å². The molecule has 3 aromatic rings. The van der Waals surface area contributed by atoms with Crippen molar-refractivity contribution in [2.75, 3.05) is 11.6 Å². The molecule has 0 fully saturated rings. The van der Waals surface area contributed by atoms with Crippen molar-refractivity contribution in [3.8, 4) is 0 Å². The number of nitrogens with zero attached hydrogens (tertiary/aromatic N) is 1. The lowest BCUT2D eigenvalue weighted by Crippen LogP contribution is -2.32. The first-order valence-electron chi connectivity index (χ1n) is 9.94. The second-order valence-corrected chi connectivity index (χ2v) is 8.38. The number of hydrogen-bond acceptors (Lipinski definition) is 3. The largest absolute Gasteiger partial charge is 0.327 e. The minimum Gasteiger partial charge on any atom is -0.327 e. The molecule has 0 aliphatic carbocycles. The molecule has 2 amide bonds. The first-order valence-corrected chi connectivity index (χ1v) is 11.2. The van der Waals surface area contributed by atoms with Gasteiger partial charge in [-0.2, -0.15) is 0 Å². The van der Waals surface area contributed by atoms with E-state index in [9.17, 15) is 9.59 Å². The van der Waals surface area contributed by atoms with Gasteiger partial charge in [0.15, 0.2) is 0 Å². The van der Waals surface area contributed by atoms with Gasteiger partial charge in [-0.15, -0.1) is 11.8 Å². The number of hydrogen-bond donors (Lipinski definition) is 1. The number of amides is 2. The Hall–Kier alpha value is -3.05. The van der Waals surface area contributed by atoms with Crippen molar-refractivity contribution in [3.63, 3.8) is 0 Å². The second kappa shape index (κ2) is 8.76. The predicted molar refractivity (Wildman–Crippen MR) is 122 cm³/mol. The molecule has 4 rings (SSSR count). The average molecular weight is 417 g/mol. The molecule has 152 valence electrons. The number of fused-ring (bicyclic) bond motifs is 1. The van der Waals surface area contributed by atoms with Crippen LogP contribution in [-0.2, 0) is 11.3 Å². The Morgan fingerprint density at radius 1 is 1.07 bits per heavy atom. The Kier molecular flexibility index (Phi) is 5.91. The van der Waals surface area contributed by atoms with Crippen LogP contribution in [-0.4, -0.2) is 23.0 Å². The van der Waals surface area contributed by atoms with Gasteiger partial charge in [-0.25, -0.2) is 0 Å². The monoisotopic (exact) mass is 416 g/mol. The zero-order valence-corrected chi connectivity index (χ0v) is 17.9. The maximum absolute atomic E-state index is 13.1. The molecule has 3 aromatic carbocycles. The van der Waals surface area contributed by atoms with Gasteiger partial charge in [0, 0.05) is 22.7 Å². The minimum absolute atomic E-state index is 0.0200. The average Bonchev–Trinajstić information content (AvgIpc) is 3.09. The zero-order valence-electron chi connectivity index (χ0n) is 17.1. The molecular formula is C25H24N2O2S. The van der Waals surface area contributed by atoms with E-state index in [1.165, 1.54) is 0 Å². The molecule has 1 N–H and O–H groups in total. The normalized spacial score (nSPS) is 13.8. The standard InChI is InChI=1S/C25H24N2O2S/c1-17-10-12-18(13-11-17)23(27-16-19-6-3-4-9-22(19)25(27)29)15-24(28)26-20-7-5-8-21(14-20)30-2/h3-14,23H,15-16H2,1-2H3,(H,26,28)/t23-/m1/s1. The number of aryl methyl sites for hydroxylation is 1. The fraction of sp³-hybridized carbons (Fsp3) is 0.200.